The van der Waals surface area contributed by atoms with Crippen LogP contribution in [0.5, 0.6) is 0 Å². The van der Waals surface area contributed by atoms with Gasteiger partial charge in [0.05, 0.1) is 5.25 Å². The van der Waals surface area contributed by atoms with E-state index < -0.39 is 0 Å². The predicted octanol–water partition coefficient (Wildman–Crippen LogP) is 2.54. The van der Waals surface area contributed by atoms with Crippen LogP contribution in [0, 0.1) is 11.8 Å². The van der Waals surface area contributed by atoms with Crippen molar-refractivity contribution in [1.82, 2.24) is 15.5 Å². The quantitative estimate of drug-likeness (QED) is 0.835. The minimum absolute atomic E-state index is 0.0784. The summed E-state index contributed by atoms with van der Waals surface area (Å²) >= 11 is 2.73. The Morgan fingerprint density at radius 2 is 2.20 bits per heavy atom. The molecule has 5 nitrogen and oxygen atoms in total. The van der Waals surface area contributed by atoms with Gasteiger partial charge >= 0.3 is 0 Å². The minimum atomic E-state index is -0.174. The van der Waals surface area contributed by atoms with Gasteiger partial charge in [-0.3, -0.25) is 4.79 Å². The van der Waals surface area contributed by atoms with Gasteiger partial charge in [-0.05, 0) is 25.2 Å². The van der Waals surface area contributed by atoms with E-state index in [9.17, 15) is 4.79 Å². The summed E-state index contributed by atoms with van der Waals surface area (Å²) in [6, 6.07) is 0.300. The Hall–Kier alpha value is -0.820. The Labute approximate surface area is 128 Å². The molecule has 1 amide bonds. The third-order valence-electron chi connectivity index (χ3n) is 4.10. The van der Waals surface area contributed by atoms with Crippen LogP contribution in [0.3, 0.4) is 0 Å². The molecule has 1 aliphatic rings. The van der Waals surface area contributed by atoms with E-state index in [1.54, 1.807) is 0 Å². The van der Waals surface area contributed by atoms with Crippen LogP contribution in [0.2, 0.25) is 0 Å². The first kappa shape index (κ1) is 15.6. The number of nitrogens with two attached hydrogens (primary N) is 1. The van der Waals surface area contributed by atoms with Gasteiger partial charge in [0.2, 0.25) is 11.0 Å². The monoisotopic (exact) mass is 314 g/mol. The number of nitrogen functional groups attached to an aromatic ring is 1. The van der Waals surface area contributed by atoms with Crippen molar-refractivity contribution in [3.63, 3.8) is 0 Å². The number of aromatic nitrogens is 2. The Balaban J connectivity index is 1.87. The van der Waals surface area contributed by atoms with E-state index >= 15 is 0 Å². The maximum absolute atomic E-state index is 12.3. The molecule has 0 unspecified atom stereocenters. The van der Waals surface area contributed by atoms with Gasteiger partial charge in [-0.2, -0.15) is 0 Å². The van der Waals surface area contributed by atoms with Crippen molar-refractivity contribution in [3.8, 4) is 0 Å². The van der Waals surface area contributed by atoms with Crippen LogP contribution < -0.4 is 11.1 Å². The van der Waals surface area contributed by atoms with Gasteiger partial charge in [-0.15, -0.1) is 10.2 Å². The lowest BCUT2D eigenvalue weighted by atomic mass is 9.78. The highest BCUT2D eigenvalue weighted by molar-refractivity contribution is 8.02. The Morgan fingerprint density at radius 1 is 1.45 bits per heavy atom. The lowest BCUT2D eigenvalue weighted by Crippen LogP contribution is -2.46. The molecule has 1 aromatic heterocycles. The van der Waals surface area contributed by atoms with E-state index in [2.05, 4.69) is 29.4 Å². The van der Waals surface area contributed by atoms with Crippen molar-refractivity contribution in [3.05, 3.63) is 0 Å². The molecule has 1 aromatic rings. The molecular formula is C13H22N4OS2. The second-order valence-corrected chi connectivity index (χ2v) is 8.15. The molecule has 0 bridgehead atoms. The number of hydrogen-bond donors (Lipinski definition) is 2. The number of rotatable bonds is 4. The fourth-order valence-corrected chi connectivity index (χ4v) is 4.35. The molecule has 0 aliphatic heterocycles. The van der Waals surface area contributed by atoms with Crippen LogP contribution >= 0.6 is 23.1 Å². The lowest BCUT2D eigenvalue weighted by molar-refractivity contribution is -0.121. The van der Waals surface area contributed by atoms with Crippen molar-refractivity contribution in [1.29, 1.82) is 0 Å². The molecule has 0 saturated heterocycles. The molecule has 0 spiro atoms. The van der Waals surface area contributed by atoms with Gasteiger partial charge < -0.3 is 11.1 Å². The summed E-state index contributed by atoms with van der Waals surface area (Å²) in [5.41, 5.74) is 5.54. The van der Waals surface area contributed by atoms with Gasteiger partial charge in [0.1, 0.15) is 0 Å². The molecule has 2 rings (SSSR count). The number of amides is 1. The summed E-state index contributed by atoms with van der Waals surface area (Å²) in [4.78, 5) is 12.3. The van der Waals surface area contributed by atoms with Gasteiger partial charge in [0.25, 0.3) is 0 Å². The van der Waals surface area contributed by atoms with E-state index in [-0.39, 0.29) is 11.2 Å². The molecule has 1 aliphatic carbocycles. The normalized spacial score (nSPS) is 28.1. The first-order valence-corrected chi connectivity index (χ1v) is 8.73. The largest absolute Gasteiger partial charge is 0.374 e. The molecule has 1 saturated carbocycles. The maximum Gasteiger partial charge on any atom is 0.233 e. The number of carbonyl (C=O) groups excluding carboxylic acids is 1. The molecule has 1 heterocycles. The van der Waals surface area contributed by atoms with Gasteiger partial charge in [0, 0.05) is 6.04 Å². The smallest absolute Gasteiger partial charge is 0.233 e. The number of carbonyl (C=O) groups is 1. The van der Waals surface area contributed by atoms with Crippen LogP contribution in [0.15, 0.2) is 4.34 Å². The zero-order valence-electron chi connectivity index (χ0n) is 12.1. The first-order valence-electron chi connectivity index (χ1n) is 7.03. The fourth-order valence-electron chi connectivity index (χ4n) is 2.56. The van der Waals surface area contributed by atoms with Crippen molar-refractivity contribution < 1.29 is 4.79 Å². The molecule has 112 valence electrons. The molecule has 0 aromatic carbocycles. The minimum Gasteiger partial charge on any atom is -0.374 e. The number of thioether (sulfide) groups is 1. The number of hydrogen-bond acceptors (Lipinski definition) is 6. The van der Waals surface area contributed by atoms with Crippen molar-refractivity contribution in [2.75, 3.05) is 5.73 Å². The first-order chi connectivity index (χ1) is 9.47. The van der Waals surface area contributed by atoms with Crippen LogP contribution in [-0.2, 0) is 4.79 Å². The van der Waals surface area contributed by atoms with Gasteiger partial charge in [-0.1, -0.05) is 49.8 Å². The molecule has 3 N–H and O–H groups in total. The second kappa shape index (κ2) is 6.76. The lowest BCUT2D eigenvalue weighted by Gasteiger charge is -2.35. The summed E-state index contributed by atoms with van der Waals surface area (Å²) < 4.78 is 0.746. The Kier molecular flexibility index (Phi) is 5.26. The highest BCUT2D eigenvalue weighted by Gasteiger charge is 2.29. The fraction of sp³-hybridized carbons (Fsp3) is 0.769. The van der Waals surface area contributed by atoms with Crippen molar-refractivity contribution in [2.24, 2.45) is 11.8 Å². The van der Waals surface area contributed by atoms with E-state index in [4.69, 9.17) is 5.73 Å². The number of anilines is 1. The zero-order chi connectivity index (χ0) is 14.7. The molecule has 20 heavy (non-hydrogen) atoms. The van der Waals surface area contributed by atoms with E-state index in [1.807, 2.05) is 6.92 Å². The average molecular weight is 314 g/mol. The number of nitrogens with one attached hydrogen (secondary N) is 1. The third-order valence-corrected chi connectivity index (χ3v) is 6.04. The summed E-state index contributed by atoms with van der Waals surface area (Å²) in [5.74, 6) is 1.30. The second-order valence-electron chi connectivity index (χ2n) is 5.55. The van der Waals surface area contributed by atoms with E-state index in [1.165, 1.54) is 35.9 Å². The topological polar surface area (TPSA) is 80.9 Å². The van der Waals surface area contributed by atoms with E-state index in [0.29, 0.717) is 23.0 Å². The van der Waals surface area contributed by atoms with Crippen LogP contribution in [0.25, 0.3) is 0 Å². The van der Waals surface area contributed by atoms with Gasteiger partial charge in [-0.25, -0.2) is 0 Å². The molecule has 0 radical (unpaired) electrons. The van der Waals surface area contributed by atoms with Crippen LogP contribution in [0.4, 0.5) is 5.13 Å². The van der Waals surface area contributed by atoms with E-state index in [0.717, 1.165) is 10.8 Å². The third kappa shape index (κ3) is 3.85. The SMILES string of the molecule is C[C@@H]1[C@@H](C)CCC[C@H]1NC(=O)[C@H](C)Sc1nnc(N)s1. The summed E-state index contributed by atoms with van der Waals surface area (Å²) in [7, 11) is 0. The highest BCUT2D eigenvalue weighted by atomic mass is 32.2. The molecule has 1 fully saturated rings. The Bertz CT molecular complexity index is 465. The standard InChI is InChI=1S/C13H22N4OS2/c1-7-5-4-6-10(8(7)2)15-11(18)9(3)19-13-17-16-12(14)20-13/h7-10H,4-6H2,1-3H3,(H2,14,16)(H,15,18)/t7-,8+,9-,10+/m0/s1. The highest BCUT2D eigenvalue weighted by Crippen LogP contribution is 2.31. The van der Waals surface area contributed by atoms with Crippen LogP contribution in [0.1, 0.15) is 40.0 Å². The summed E-state index contributed by atoms with van der Waals surface area (Å²) in [6.45, 7) is 6.40. The predicted molar refractivity (Wildman–Crippen MR) is 83.8 cm³/mol. The van der Waals surface area contributed by atoms with Crippen molar-refractivity contribution in [2.45, 2.75) is 55.7 Å². The van der Waals surface area contributed by atoms with Gasteiger partial charge in [0.15, 0.2) is 4.34 Å². The zero-order valence-corrected chi connectivity index (χ0v) is 13.8. The molecular weight excluding hydrogens is 292 g/mol. The van der Waals surface area contributed by atoms with Crippen LogP contribution in [-0.4, -0.2) is 27.4 Å². The molecule has 4 atom stereocenters. The Morgan fingerprint density at radius 3 is 2.85 bits per heavy atom. The van der Waals surface area contributed by atoms with Crippen molar-refractivity contribution >= 4 is 34.1 Å². The number of nitrogens with zero attached hydrogens (tertiary/aromatic N) is 2. The summed E-state index contributed by atoms with van der Waals surface area (Å²) in [6.07, 6.45) is 3.55. The average Bonchev–Trinajstić information content (AvgIpc) is 2.80. The molecule has 7 heteroatoms. The summed E-state index contributed by atoms with van der Waals surface area (Å²) in [5, 5.41) is 11.2. The maximum atomic E-state index is 12.3.